The molecule has 0 fully saturated rings. The number of rotatable bonds is 4. The maximum absolute atomic E-state index is 13.2. The van der Waals surface area contributed by atoms with Crippen LogP contribution in [0, 0.1) is 5.82 Å². The van der Waals surface area contributed by atoms with E-state index in [-0.39, 0.29) is 5.82 Å². The Morgan fingerprint density at radius 3 is 2.62 bits per heavy atom. The number of benzene rings is 2. The highest BCUT2D eigenvalue weighted by atomic mass is 35.5. The second kappa shape index (κ2) is 5.97. The molecule has 0 radical (unpaired) electrons. The minimum absolute atomic E-state index is 0.325. The summed E-state index contributed by atoms with van der Waals surface area (Å²) in [4.78, 5) is 7.05. The van der Waals surface area contributed by atoms with Gasteiger partial charge in [0.15, 0.2) is 0 Å². The van der Waals surface area contributed by atoms with Gasteiger partial charge in [0.05, 0.1) is 18.2 Å². The molecule has 3 nitrogen and oxygen atoms in total. The fourth-order valence-electron chi connectivity index (χ4n) is 2.10. The Labute approximate surface area is 126 Å². The van der Waals surface area contributed by atoms with Gasteiger partial charge in [0.1, 0.15) is 5.82 Å². The molecule has 106 valence electrons. The van der Waals surface area contributed by atoms with Crippen LogP contribution in [-0.2, 0) is 6.54 Å². The van der Waals surface area contributed by atoms with Crippen LogP contribution in [-0.4, -0.2) is 9.97 Å². The van der Waals surface area contributed by atoms with Gasteiger partial charge in [-0.05, 0) is 41.5 Å². The molecule has 0 saturated carbocycles. The van der Waals surface area contributed by atoms with E-state index in [9.17, 15) is 4.39 Å². The monoisotopic (exact) mass is 301 g/mol. The number of H-pyrrole nitrogens is 1. The van der Waals surface area contributed by atoms with Crippen LogP contribution in [0.15, 0.2) is 55.0 Å². The number of nitrogens with zero attached hydrogens (tertiary/aromatic N) is 1. The normalized spacial score (nSPS) is 10.6. The van der Waals surface area contributed by atoms with Crippen LogP contribution in [0.5, 0.6) is 0 Å². The molecule has 0 aliphatic carbocycles. The van der Waals surface area contributed by atoms with Crippen molar-refractivity contribution in [2.75, 3.05) is 5.32 Å². The van der Waals surface area contributed by atoms with Crippen molar-refractivity contribution in [1.29, 1.82) is 0 Å². The van der Waals surface area contributed by atoms with Crippen molar-refractivity contribution in [1.82, 2.24) is 9.97 Å². The van der Waals surface area contributed by atoms with Crippen molar-refractivity contribution in [2.45, 2.75) is 6.54 Å². The van der Waals surface area contributed by atoms with Crippen molar-refractivity contribution < 1.29 is 4.39 Å². The standard InChI is InChI=1S/C16H13ClFN3/c17-13-5-11(6-14(18)7-13)8-20-15-3-1-12(2-4-15)16-9-19-10-21-16/h1-7,9-10,20H,8H2,(H,19,21). The second-order valence-corrected chi connectivity index (χ2v) is 5.11. The van der Waals surface area contributed by atoms with Gasteiger partial charge >= 0.3 is 0 Å². The second-order valence-electron chi connectivity index (χ2n) is 4.67. The van der Waals surface area contributed by atoms with Crippen LogP contribution in [0.1, 0.15) is 5.56 Å². The molecule has 0 aliphatic heterocycles. The highest BCUT2D eigenvalue weighted by molar-refractivity contribution is 6.30. The molecule has 0 saturated heterocycles. The molecular formula is C16H13ClFN3. The van der Waals surface area contributed by atoms with E-state index in [4.69, 9.17) is 11.6 Å². The van der Waals surface area contributed by atoms with Gasteiger partial charge < -0.3 is 10.3 Å². The minimum atomic E-state index is -0.325. The molecule has 2 N–H and O–H groups in total. The smallest absolute Gasteiger partial charge is 0.125 e. The Kier molecular flexibility index (Phi) is 3.88. The van der Waals surface area contributed by atoms with E-state index in [0.717, 1.165) is 22.5 Å². The van der Waals surface area contributed by atoms with Crippen molar-refractivity contribution in [3.05, 3.63) is 71.4 Å². The number of aromatic amines is 1. The van der Waals surface area contributed by atoms with Crippen LogP contribution in [0.25, 0.3) is 11.3 Å². The fraction of sp³-hybridized carbons (Fsp3) is 0.0625. The molecule has 3 aromatic rings. The molecule has 0 aliphatic rings. The summed E-state index contributed by atoms with van der Waals surface area (Å²) in [6, 6.07) is 12.4. The maximum atomic E-state index is 13.2. The van der Waals surface area contributed by atoms with Crippen molar-refractivity contribution in [3.63, 3.8) is 0 Å². The zero-order valence-corrected chi connectivity index (χ0v) is 11.9. The summed E-state index contributed by atoms with van der Waals surface area (Å²) in [6.07, 6.45) is 3.42. The van der Waals surface area contributed by atoms with E-state index in [0.29, 0.717) is 11.6 Å². The topological polar surface area (TPSA) is 40.7 Å². The van der Waals surface area contributed by atoms with Gasteiger partial charge in [-0.3, -0.25) is 0 Å². The molecule has 0 spiro atoms. The number of hydrogen-bond acceptors (Lipinski definition) is 2. The molecule has 5 heteroatoms. The van der Waals surface area contributed by atoms with Crippen LogP contribution in [0.4, 0.5) is 10.1 Å². The Morgan fingerprint density at radius 2 is 1.95 bits per heavy atom. The lowest BCUT2D eigenvalue weighted by atomic mass is 10.1. The SMILES string of the molecule is Fc1cc(Cl)cc(CNc2ccc(-c3cnc[nH]3)cc2)c1. The molecule has 0 unspecified atom stereocenters. The third kappa shape index (κ3) is 3.41. The van der Waals surface area contributed by atoms with Gasteiger partial charge in [0.2, 0.25) is 0 Å². The summed E-state index contributed by atoms with van der Waals surface area (Å²) in [5, 5.41) is 3.64. The molecular weight excluding hydrogens is 289 g/mol. The molecule has 1 aromatic heterocycles. The van der Waals surface area contributed by atoms with E-state index < -0.39 is 0 Å². The fourth-order valence-corrected chi connectivity index (χ4v) is 2.34. The van der Waals surface area contributed by atoms with E-state index in [1.807, 2.05) is 24.3 Å². The first kappa shape index (κ1) is 13.6. The van der Waals surface area contributed by atoms with E-state index in [1.54, 1.807) is 18.6 Å². The first-order valence-corrected chi connectivity index (χ1v) is 6.86. The molecule has 21 heavy (non-hydrogen) atoms. The highest BCUT2D eigenvalue weighted by Gasteiger charge is 2.01. The lowest BCUT2D eigenvalue weighted by Crippen LogP contribution is -1.99. The van der Waals surface area contributed by atoms with E-state index in [2.05, 4.69) is 15.3 Å². The highest BCUT2D eigenvalue weighted by Crippen LogP contribution is 2.20. The summed E-state index contributed by atoms with van der Waals surface area (Å²) < 4.78 is 13.2. The number of aromatic nitrogens is 2. The zero-order valence-electron chi connectivity index (χ0n) is 11.1. The van der Waals surface area contributed by atoms with Gasteiger partial charge in [-0.2, -0.15) is 0 Å². The van der Waals surface area contributed by atoms with E-state index in [1.165, 1.54) is 12.1 Å². The molecule has 0 amide bonds. The van der Waals surface area contributed by atoms with Crippen molar-refractivity contribution in [3.8, 4) is 11.3 Å². The lowest BCUT2D eigenvalue weighted by molar-refractivity contribution is 0.626. The maximum Gasteiger partial charge on any atom is 0.125 e. The van der Waals surface area contributed by atoms with Crippen molar-refractivity contribution in [2.24, 2.45) is 0 Å². The van der Waals surface area contributed by atoms with Crippen LogP contribution >= 0.6 is 11.6 Å². The van der Waals surface area contributed by atoms with Gasteiger partial charge in [-0.25, -0.2) is 9.37 Å². The lowest BCUT2D eigenvalue weighted by Gasteiger charge is -2.08. The Balaban J connectivity index is 1.68. The van der Waals surface area contributed by atoms with E-state index >= 15 is 0 Å². The average Bonchev–Trinajstić information content (AvgIpc) is 2.99. The summed E-state index contributed by atoms with van der Waals surface area (Å²) in [7, 11) is 0. The van der Waals surface area contributed by atoms with Crippen LogP contribution in [0.2, 0.25) is 5.02 Å². The summed E-state index contributed by atoms with van der Waals surface area (Å²) in [5.41, 5.74) is 3.79. The van der Waals surface area contributed by atoms with Crippen LogP contribution < -0.4 is 5.32 Å². The minimum Gasteiger partial charge on any atom is -0.381 e. The molecule has 1 heterocycles. The van der Waals surface area contributed by atoms with Gasteiger partial charge in [0, 0.05) is 17.3 Å². The number of anilines is 1. The average molecular weight is 302 g/mol. The summed E-state index contributed by atoms with van der Waals surface area (Å²) in [6.45, 7) is 0.515. The largest absolute Gasteiger partial charge is 0.381 e. The summed E-state index contributed by atoms with van der Waals surface area (Å²) >= 11 is 5.83. The number of nitrogens with one attached hydrogen (secondary N) is 2. The Morgan fingerprint density at radius 1 is 1.14 bits per heavy atom. The number of hydrogen-bond donors (Lipinski definition) is 2. The molecule has 0 atom stereocenters. The van der Waals surface area contributed by atoms with Crippen molar-refractivity contribution >= 4 is 17.3 Å². The first-order valence-electron chi connectivity index (χ1n) is 6.48. The molecule has 0 bridgehead atoms. The van der Waals surface area contributed by atoms with Gasteiger partial charge in [-0.15, -0.1) is 0 Å². The quantitative estimate of drug-likeness (QED) is 0.746. The van der Waals surface area contributed by atoms with Gasteiger partial charge in [-0.1, -0.05) is 23.7 Å². The molecule has 3 rings (SSSR count). The van der Waals surface area contributed by atoms with Gasteiger partial charge in [0.25, 0.3) is 0 Å². The summed E-state index contributed by atoms with van der Waals surface area (Å²) in [5.74, 6) is -0.325. The van der Waals surface area contributed by atoms with Crippen LogP contribution in [0.3, 0.4) is 0 Å². The number of imidazole rings is 1. The Hall–Kier alpha value is -2.33. The third-order valence-corrected chi connectivity index (χ3v) is 3.33. The number of halogens is 2. The predicted molar refractivity (Wildman–Crippen MR) is 82.8 cm³/mol. The molecule has 2 aromatic carbocycles. The zero-order chi connectivity index (χ0) is 14.7. The first-order chi connectivity index (χ1) is 10.2. The third-order valence-electron chi connectivity index (χ3n) is 3.11. The predicted octanol–water partition coefficient (Wildman–Crippen LogP) is 4.48. The Bertz CT molecular complexity index is 704.